The highest BCUT2D eigenvalue weighted by atomic mass is 32.2. The maximum atomic E-state index is 12.9. The number of nitrogens with zero attached hydrogens (tertiary/aromatic N) is 1. The van der Waals surface area contributed by atoms with Crippen LogP contribution in [-0.2, 0) is 19.1 Å². The van der Waals surface area contributed by atoms with Gasteiger partial charge in [0, 0.05) is 48.6 Å². The maximum absolute atomic E-state index is 12.9. The van der Waals surface area contributed by atoms with Gasteiger partial charge in [0.2, 0.25) is 11.8 Å². The molecule has 1 aliphatic rings. The van der Waals surface area contributed by atoms with Crippen molar-refractivity contribution >= 4 is 68.1 Å². The van der Waals surface area contributed by atoms with Crippen molar-refractivity contribution in [3.05, 3.63) is 42.0 Å². The van der Waals surface area contributed by atoms with Gasteiger partial charge in [-0.05, 0) is 42.8 Å². The number of benzene rings is 2. The highest BCUT2D eigenvalue weighted by Gasteiger charge is 2.15. The number of ether oxygens (including phenoxy) is 2. The Morgan fingerprint density at radius 1 is 0.971 bits per heavy atom. The normalized spacial score (nSPS) is 14.0. The Balaban J connectivity index is 1.43. The first-order chi connectivity index (χ1) is 16.9. The van der Waals surface area contributed by atoms with Crippen molar-refractivity contribution < 1.29 is 23.9 Å². The van der Waals surface area contributed by atoms with E-state index in [1.54, 1.807) is 47.4 Å². The van der Waals surface area contributed by atoms with Crippen molar-refractivity contribution in [2.75, 3.05) is 34.9 Å². The molecule has 2 aromatic carbocycles. The average molecular weight is 515 g/mol. The van der Waals surface area contributed by atoms with E-state index in [2.05, 4.69) is 20.9 Å². The molecular weight excluding hydrogens is 488 g/mol. The van der Waals surface area contributed by atoms with Gasteiger partial charge in [-0.3, -0.25) is 14.4 Å². The van der Waals surface area contributed by atoms with Crippen LogP contribution >= 0.6 is 23.1 Å². The minimum Gasteiger partial charge on any atom is -0.353 e. The third-order valence-corrected chi connectivity index (χ3v) is 7.13. The van der Waals surface area contributed by atoms with Crippen LogP contribution in [0.2, 0.25) is 0 Å². The van der Waals surface area contributed by atoms with Crippen molar-refractivity contribution in [1.29, 1.82) is 0 Å². The second-order valence-electron chi connectivity index (χ2n) is 7.94. The number of thioether (sulfide) groups is 1. The molecule has 0 spiro atoms. The Bertz CT molecular complexity index is 1210. The van der Waals surface area contributed by atoms with Crippen LogP contribution < -0.4 is 16.0 Å². The summed E-state index contributed by atoms with van der Waals surface area (Å²) in [6, 6.07) is 10.3. The minimum absolute atomic E-state index is 0.136. The zero-order valence-electron chi connectivity index (χ0n) is 19.4. The number of aromatic nitrogens is 1. The quantitative estimate of drug-likeness (QED) is 0.373. The van der Waals surface area contributed by atoms with Crippen molar-refractivity contribution in [3.8, 4) is 0 Å². The van der Waals surface area contributed by atoms with Gasteiger partial charge in [-0.2, -0.15) is 0 Å². The highest BCUT2D eigenvalue weighted by Crippen LogP contribution is 2.32. The SMILES string of the molecule is CC(=O)Nc1cc(NC(C)=O)cc(C(=O)Nc2ccc3nc(SCCC4OCCCO4)sc3c2)c1. The number of rotatable bonds is 8. The molecule has 1 aromatic heterocycles. The molecule has 35 heavy (non-hydrogen) atoms. The monoisotopic (exact) mass is 514 g/mol. The van der Waals surface area contributed by atoms with Gasteiger partial charge in [0.25, 0.3) is 5.91 Å². The first-order valence-electron chi connectivity index (χ1n) is 11.1. The molecule has 1 aliphatic heterocycles. The van der Waals surface area contributed by atoms with Gasteiger partial charge in [0.1, 0.15) is 0 Å². The van der Waals surface area contributed by atoms with Crippen molar-refractivity contribution in [2.45, 2.75) is 37.3 Å². The largest absolute Gasteiger partial charge is 0.353 e. The molecule has 3 amide bonds. The molecule has 0 atom stereocenters. The number of amides is 3. The van der Waals surface area contributed by atoms with Gasteiger partial charge >= 0.3 is 0 Å². The number of fused-ring (bicyclic) bond motifs is 1. The number of carbonyl (C=O) groups is 3. The molecule has 0 radical (unpaired) electrons. The maximum Gasteiger partial charge on any atom is 0.255 e. The summed E-state index contributed by atoms with van der Waals surface area (Å²) in [6.45, 7) is 4.24. The molecule has 3 aromatic rings. The van der Waals surface area contributed by atoms with Crippen LogP contribution in [0, 0.1) is 0 Å². The molecule has 3 N–H and O–H groups in total. The molecule has 0 unspecified atom stereocenters. The number of anilines is 3. The molecule has 184 valence electrons. The van der Waals surface area contributed by atoms with Crippen LogP contribution in [0.15, 0.2) is 40.7 Å². The molecule has 9 nitrogen and oxygen atoms in total. The summed E-state index contributed by atoms with van der Waals surface area (Å²) in [4.78, 5) is 40.6. The molecule has 2 heterocycles. The van der Waals surface area contributed by atoms with Gasteiger partial charge in [-0.15, -0.1) is 11.3 Å². The molecule has 1 fully saturated rings. The number of thiazole rings is 1. The van der Waals surface area contributed by atoms with Crippen LogP contribution in [0.4, 0.5) is 17.1 Å². The standard InChI is InChI=1S/C24H26N4O5S2/c1-14(29)25-18-10-16(11-19(12-18)26-15(2)30)23(31)27-17-4-5-20-21(13-17)35-24(28-20)34-9-6-22-32-7-3-8-33-22/h4-5,10-13,22H,3,6-9H2,1-2H3,(H,25,29)(H,26,30)(H,27,31). The summed E-state index contributed by atoms with van der Waals surface area (Å²) >= 11 is 3.22. The zero-order valence-corrected chi connectivity index (χ0v) is 21.0. The Labute approximate surface area is 211 Å². The summed E-state index contributed by atoms with van der Waals surface area (Å²) in [5, 5.41) is 8.18. The summed E-state index contributed by atoms with van der Waals surface area (Å²) < 4.78 is 13.1. The van der Waals surface area contributed by atoms with Crippen molar-refractivity contribution in [1.82, 2.24) is 4.98 Å². The third-order valence-electron chi connectivity index (χ3n) is 4.94. The Morgan fingerprint density at radius 2 is 1.66 bits per heavy atom. The second kappa shape index (κ2) is 11.6. The Kier molecular flexibility index (Phi) is 8.34. The fourth-order valence-corrected chi connectivity index (χ4v) is 5.64. The van der Waals surface area contributed by atoms with Crippen LogP contribution in [0.1, 0.15) is 37.0 Å². The van der Waals surface area contributed by atoms with E-state index in [0.29, 0.717) is 22.6 Å². The first-order valence-corrected chi connectivity index (χ1v) is 12.9. The summed E-state index contributed by atoms with van der Waals surface area (Å²) in [7, 11) is 0. The smallest absolute Gasteiger partial charge is 0.255 e. The lowest BCUT2D eigenvalue weighted by Crippen LogP contribution is -2.25. The topological polar surface area (TPSA) is 119 Å². The first kappa shape index (κ1) is 25.1. The average Bonchev–Trinajstić information content (AvgIpc) is 3.20. The predicted octanol–water partition coefficient (Wildman–Crippen LogP) is 4.71. The lowest BCUT2D eigenvalue weighted by atomic mass is 10.1. The van der Waals surface area contributed by atoms with Gasteiger partial charge in [-0.1, -0.05) is 11.8 Å². The van der Waals surface area contributed by atoms with Crippen LogP contribution in [-0.4, -0.2) is 48.0 Å². The molecule has 11 heteroatoms. The Morgan fingerprint density at radius 3 is 2.31 bits per heavy atom. The van der Waals surface area contributed by atoms with E-state index in [1.165, 1.54) is 13.8 Å². The summed E-state index contributed by atoms with van der Waals surface area (Å²) in [6.07, 6.45) is 1.61. The minimum atomic E-state index is -0.366. The Hall–Kier alpha value is -2.99. The number of carbonyl (C=O) groups excluding carboxylic acids is 3. The molecule has 0 bridgehead atoms. The van der Waals surface area contributed by atoms with E-state index in [-0.39, 0.29) is 24.0 Å². The lowest BCUT2D eigenvalue weighted by Gasteiger charge is -2.22. The fourth-order valence-electron chi connectivity index (χ4n) is 3.50. The van der Waals surface area contributed by atoms with Gasteiger partial charge < -0.3 is 25.4 Å². The van der Waals surface area contributed by atoms with E-state index >= 15 is 0 Å². The zero-order chi connectivity index (χ0) is 24.8. The third kappa shape index (κ3) is 7.25. The van der Waals surface area contributed by atoms with Gasteiger partial charge in [0.05, 0.1) is 23.4 Å². The van der Waals surface area contributed by atoms with E-state index < -0.39 is 0 Å². The predicted molar refractivity (Wildman–Crippen MR) is 138 cm³/mol. The van der Waals surface area contributed by atoms with Crippen molar-refractivity contribution in [2.24, 2.45) is 0 Å². The molecule has 4 rings (SSSR count). The molecule has 1 saturated heterocycles. The highest BCUT2D eigenvalue weighted by molar-refractivity contribution is 8.01. The fraction of sp³-hybridized carbons (Fsp3) is 0.333. The molecule has 0 aliphatic carbocycles. The number of nitrogens with one attached hydrogen (secondary N) is 3. The second-order valence-corrected chi connectivity index (χ2v) is 10.3. The molecular formula is C24H26N4O5S2. The van der Waals surface area contributed by atoms with Crippen LogP contribution in [0.3, 0.4) is 0 Å². The van der Waals surface area contributed by atoms with Crippen LogP contribution in [0.5, 0.6) is 0 Å². The summed E-state index contributed by atoms with van der Waals surface area (Å²) in [5.41, 5.74) is 2.61. The van der Waals surface area contributed by atoms with E-state index in [9.17, 15) is 14.4 Å². The van der Waals surface area contributed by atoms with Gasteiger partial charge in [-0.25, -0.2) is 4.98 Å². The van der Waals surface area contributed by atoms with E-state index in [0.717, 1.165) is 46.4 Å². The number of hydrogen-bond donors (Lipinski definition) is 3. The summed E-state index contributed by atoms with van der Waals surface area (Å²) in [5.74, 6) is -0.0799. The van der Waals surface area contributed by atoms with E-state index in [1.807, 2.05) is 12.1 Å². The van der Waals surface area contributed by atoms with Crippen molar-refractivity contribution in [3.63, 3.8) is 0 Å². The van der Waals surface area contributed by atoms with E-state index in [4.69, 9.17) is 9.47 Å². The molecule has 0 saturated carbocycles. The van der Waals surface area contributed by atoms with Crippen LogP contribution in [0.25, 0.3) is 10.2 Å². The van der Waals surface area contributed by atoms with Gasteiger partial charge in [0.15, 0.2) is 10.6 Å². The lowest BCUT2D eigenvalue weighted by molar-refractivity contribution is -0.178. The number of hydrogen-bond acceptors (Lipinski definition) is 8.